The molecule has 1 amide bonds. The summed E-state index contributed by atoms with van der Waals surface area (Å²) in [6.07, 6.45) is 0.861. The Morgan fingerprint density at radius 2 is 2.11 bits per heavy atom. The van der Waals surface area contributed by atoms with Gasteiger partial charge in [-0.3, -0.25) is 4.79 Å². The monoisotopic (exact) mass is 331 g/mol. The topological polar surface area (TPSA) is 38.3 Å². The highest BCUT2D eigenvalue weighted by Crippen LogP contribution is 2.15. The van der Waals surface area contributed by atoms with Crippen LogP contribution in [0.25, 0.3) is 0 Å². The van der Waals surface area contributed by atoms with E-state index >= 15 is 0 Å². The average molecular weight is 332 g/mol. The van der Waals surface area contributed by atoms with Crippen molar-refractivity contribution in [2.24, 2.45) is 0 Å². The summed E-state index contributed by atoms with van der Waals surface area (Å²) in [4.78, 5) is 11.5. The van der Waals surface area contributed by atoms with Crippen molar-refractivity contribution in [2.45, 2.75) is 12.2 Å². The fourth-order valence-electron chi connectivity index (χ4n) is 1.34. The first-order valence-electron chi connectivity index (χ1n) is 5.80. The fourth-order valence-corrected chi connectivity index (χ4v) is 2.42. The fraction of sp³-hybridized carbons (Fsp3) is 0.462. The predicted octanol–water partition coefficient (Wildman–Crippen LogP) is 2.84. The molecule has 1 aromatic carbocycles. The zero-order valence-corrected chi connectivity index (χ0v) is 12.9. The predicted molar refractivity (Wildman–Crippen MR) is 79.8 cm³/mol. The number of benzene rings is 1. The number of methoxy groups -OCH3 is 1. The molecule has 0 fully saturated rings. The van der Waals surface area contributed by atoms with E-state index in [1.54, 1.807) is 18.9 Å². The van der Waals surface area contributed by atoms with Gasteiger partial charge in [-0.25, -0.2) is 0 Å². The number of nitrogens with one attached hydrogen (secondary N) is 1. The van der Waals surface area contributed by atoms with E-state index in [0.717, 1.165) is 16.6 Å². The smallest absolute Gasteiger partial charge is 0.230 e. The molecule has 0 aliphatic carbocycles. The second kappa shape index (κ2) is 9.42. The first-order chi connectivity index (χ1) is 8.72. The SMILES string of the molecule is COCCCNC(=O)CSCc1ccc(Br)cc1. The third-order valence-electron chi connectivity index (χ3n) is 2.26. The largest absolute Gasteiger partial charge is 0.385 e. The number of hydrogen-bond acceptors (Lipinski definition) is 3. The molecule has 0 heterocycles. The molecular weight excluding hydrogens is 314 g/mol. The maximum atomic E-state index is 11.5. The molecule has 0 bridgehead atoms. The molecular formula is C13H18BrNO2S. The summed E-state index contributed by atoms with van der Waals surface area (Å²) in [6.45, 7) is 1.37. The van der Waals surface area contributed by atoms with Crippen LogP contribution in [0.3, 0.4) is 0 Å². The molecule has 0 saturated carbocycles. The van der Waals surface area contributed by atoms with Gasteiger partial charge in [-0.1, -0.05) is 28.1 Å². The number of rotatable bonds is 8. The molecule has 3 nitrogen and oxygen atoms in total. The lowest BCUT2D eigenvalue weighted by atomic mass is 10.2. The third kappa shape index (κ3) is 7.03. The number of amides is 1. The van der Waals surface area contributed by atoms with E-state index in [-0.39, 0.29) is 5.91 Å². The zero-order chi connectivity index (χ0) is 13.2. The Bertz CT molecular complexity index is 357. The zero-order valence-electron chi connectivity index (χ0n) is 10.4. The van der Waals surface area contributed by atoms with Crippen LogP contribution in [0.5, 0.6) is 0 Å². The average Bonchev–Trinajstić information content (AvgIpc) is 2.37. The summed E-state index contributed by atoms with van der Waals surface area (Å²) in [5.74, 6) is 1.45. The molecule has 100 valence electrons. The summed E-state index contributed by atoms with van der Waals surface area (Å²) in [5, 5.41) is 2.87. The Labute approximate surface area is 121 Å². The van der Waals surface area contributed by atoms with E-state index in [1.807, 2.05) is 12.1 Å². The Morgan fingerprint density at radius 1 is 1.39 bits per heavy atom. The van der Waals surface area contributed by atoms with Gasteiger partial charge in [0, 0.05) is 30.5 Å². The van der Waals surface area contributed by atoms with Gasteiger partial charge in [-0.15, -0.1) is 11.8 Å². The number of ether oxygens (including phenoxy) is 1. The summed E-state index contributed by atoms with van der Waals surface area (Å²) >= 11 is 5.02. The Morgan fingerprint density at radius 3 is 2.78 bits per heavy atom. The second-order valence-corrected chi connectivity index (χ2v) is 5.72. The van der Waals surface area contributed by atoms with Crippen LogP contribution in [0.1, 0.15) is 12.0 Å². The number of carbonyl (C=O) groups is 1. The highest BCUT2D eigenvalue weighted by atomic mass is 79.9. The van der Waals surface area contributed by atoms with Gasteiger partial charge in [-0.05, 0) is 24.1 Å². The van der Waals surface area contributed by atoms with Crippen molar-refractivity contribution in [3.63, 3.8) is 0 Å². The van der Waals surface area contributed by atoms with Crippen molar-refractivity contribution >= 4 is 33.6 Å². The number of thioether (sulfide) groups is 1. The number of hydrogen-bond donors (Lipinski definition) is 1. The normalized spacial score (nSPS) is 10.3. The van der Waals surface area contributed by atoms with Crippen LogP contribution in [0.15, 0.2) is 28.7 Å². The van der Waals surface area contributed by atoms with Crippen LogP contribution in [0.4, 0.5) is 0 Å². The van der Waals surface area contributed by atoms with E-state index in [9.17, 15) is 4.79 Å². The molecule has 0 atom stereocenters. The van der Waals surface area contributed by atoms with E-state index in [0.29, 0.717) is 18.9 Å². The highest BCUT2D eigenvalue weighted by Gasteiger charge is 2.01. The first kappa shape index (κ1) is 15.5. The molecule has 0 unspecified atom stereocenters. The molecule has 0 aliphatic heterocycles. The van der Waals surface area contributed by atoms with Crippen LogP contribution in [-0.2, 0) is 15.3 Å². The van der Waals surface area contributed by atoms with Crippen molar-refractivity contribution in [1.29, 1.82) is 0 Å². The maximum absolute atomic E-state index is 11.5. The molecule has 0 aliphatic rings. The number of halogens is 1. The van der Waals surface area contributed by atoms with Gasteiger partial charge in [0.1, 0.15) is 0 Å². The van der Waals surface area contributed by atoms with Crippen molar-refractivity contribution < 1.29 is 9.53 Å². The molecule has 18 heavy (non-hydrogen) atoms. The van der Waals surface area contributed by atoms with E-state index < -0.39 is 0 Å². The maximum Gasteiger partial charge on any atom is 0.230 e. The van der Waals surface area contributed by atoms with Crippen molar-refractivity contribution in [1.82, 2.24) is 5.32 Å². The summed E-state index contributed by atoms with van der Waals surface area (Å²) in [6, 6.07) is 8.16. The molecule has 0 spiro atoms. The molecule has 0 aromatic heterocycles. The van der Waals surface area contributed by atoms with Gasteiger partial charge in [0.05, 0.1) is 5.75 Å². The van der Waals surface area contributed by atoms with Crippen molar-refractivity contribution in [2.75, 3.05) is 26.0 Å². The minimum absolute atomic E-state index is 0.0909. The van der Waals surface area contributed by atoms with E-state index in [2.05, 4.69) is 33.4 Å². The molecule has 1 rings (SSSR count). The lowest BCUT2D eigenvalue weighted by molar-refractivity contribution is -0.118. The van der Waals surface area contributed by atoms with Crippen molar-refractivity contribution in [3.8, 4) is 0 Å². The van der Waals surface area contributed by atoms with Gasteiger partial charge in [0.15, 0.2) is 0 Å². The summed E-state index contributed by atoms with van der Waals surface area (Å²) in [5.41, 5.74) is 1.23. The second-order valence-electron chi connectivity index (χ2n) is 3.82. The highest BCUT2D eigenvalue weighted by molar-refractivity contribution is 9.10. The molecule has 1 aromatic rings. The van der Waals surface area contributed by atoms with E-state index in [4.69, 9.17) is 4.74 Å². The summed E-state index contributed by atoms with van der Waals surface area (Å²) in [7, 11) is 1.66. The quantitative estimate of drug-likeness (QED) is 0.744. The lowest BCUT2D eigenvalue weighted by Gasteiger charge is -2.05. The molecule has 0 radical (unpaired) electrons. The Kier molecular flexibility index (Phi) is 8.13. The molecule has 0 saturated heterocycles. The standard InChI is InChI=1S/C13H18BrNO2S/c1-17-8-2-7-15-13(16)10-18-9-11-3-5-12(14)6-4-11/h3-6H,2,7-10H2,1H3,(H,15,16). The van der Waals surface area contributed by atoms with Crippen LogP contribution < -0.4 is 5.32 Å². The van der Waals surface area contributed by atoms with E-state index in [1.165, 1.54) is 5.56 Å². The Balaban J connectivity index is 2.10. The van der Waals surface area contributed by atoms with Crippen LogP contribution in [0.2, 0.25) is 0 Å². The third-order valence-corrected chi connectivity index (χ3v) is 3.79. The van der Waals surface area contributed by atoms with Crippen molar-refractivity contribution in [3.05, 3.63) is 34.3 Å². The van der Waals surface area contributed by atoms with Gasteiger partial charge >= 0.3 is 0 Å². The molecule has 1 N–H and O–H groups in total. The van der Waals surface area contributed by atoms with Gasteiger partial charge in [-0.2, -0.15) is 0 Å². The van der Waals surface area contributed by atoms with Crippen LogP contribution >= 0.6 is 27.7 Å². The first-order valence-corrected chi connectivity index (χ1v) is 7.75. The molecule has 5 heteroatoms. The minimum Gasteiger partial charge on any atom is -0.385 e. The van der Waals surface area contributed by atoms with Crippen LogP contribution in [-0.4, -0.2) is 31.9 Å². The Hall–Kier alpha value is -0.520. The minimum atomic E-state index is 0.0909. The van der Waals surface area contributed by atoms with Gasteiger partial charge < -0.3 is 10.1 Å². The van der Waals surface area contributed by atoms with Gasteiger partial charge in [0.25, 0.3) is 0 Å². The lowest BCUT2D eigenvalue weighted by Crippen LogP contribution is -2.26. The van der Waals surface area contributed by atoms with Gasteiger partial charge in [0.2, 0.25) is 5.91 Å². The number of carbonyl (C=O) groups excluding carboxylic acids is 1. The summed E-state index contributed by atoms with van der Waals surface area (Å²) < 4.78 is 5.99. The van der Waals surface area contributed by atoms with Crippen LogP contribution in [0, 0.1) is 0 Å².